The van der Waals surface area contributed by atoms with E-state index in [1.54, 1.807) is 18.0 Å². The Hall–Kier alpha value is -0.970. The predicted octanol–water partition coefficient (Wildman–Crippen LogP) is 1.62. The van der Waals surface area contributed by atoms with E-state index >= 15 is 0 Å². The summed E-state index contributed by atoms with van der Waals surface area (Å²) in [6.07, 6.45) is 3.88. The largest absolute Gasteiger partial charge is 0.351 e. The first kappa shape index (κ1) is 11.5. The molecule has 0 aromatic carbocycles. The number of amides is 1. The van der Waals surface area contributed by atoms with Crippen molar-refractivity contribution < 1.29 is 4.79 Å². The van der Waals surface area contributed by atoms with Crippen LogP contribution in [0.2, 0.25) is 0 Å². The average Bonchev–Trinajstić information content (AvgIpc) is 2.85. The highest BCUT2D eigenvalue weighted by Gasteiger charge is 2.36. The Morgan fingerprint density at radius 1 is 1.75 bits per heavy atom. The molecular weight excluding hydrogens is 222 g/mol. The fourth-order valence-corrected chi connectivity index (χ4v) is 3.11. The SMILES string of the molecule is Cc1[nH]ncc1CNC(=O)C1(C)CCCS1. The molecule has 2 heterocycles. The molecule has 5 heteroatoms. The number of hydrogen-bond donors (Lipinski definition) is 2. The van der Waals surface area contributed by atoms with Gasteiger partial charge >= 0.3 is 0 Å². The molecule has 1 aromatic rings. The Balaban J connectivity index is 1.91. The van der Waals surface area contributed by atoms with Gasteiger partial charge in [0, 0.05) is 17.8 Å². The second kappa shape index (κ2) is 4.49. The minimum Gasteiger partial charge on any atom is -0.351 e. The molecule has 1 amide bonds. The number of aromatic amines is 1. The van der Waals surface area contributed by atoms with E-state index in [1.807, 2.05) is 13.8 Å². The van der Waals surface area contributed by atoms with Gasteiger partial charge in [-0.2, -0.15) is 5.10 Å². The molecule has 1 aromatic heterocycles. The van der Waals surface area contributed by atoms with Crippen LogP contribution in [0.5, 0.6) is 0 Å². The van der Waals surface area contributed by atoms with Gasteiger partial charge in [-0.25, -0.2) is 0 Å². The molecule has 0 radical (unpaired) electrons. The Bertz CT molecular complexity index is 382. The molecule has 1 aliphatic rings. The van der Waals surface area contributed by atoms with Gasteiger partial charge in [-0.3, -0.25) is 9.89 Å². The second-order valence-corrected chi connectivity index (χ2v) is 5.98. The summed E-state index contributed by atoms with van der Waals surface area (Å²) in [4.78, 5) is 12.0. The molecule has 1 fully saturated rings. The normalized spacial score (nSPS) is 24.6. The van der Waals surface area contributed by atoms with Gasteiger partial charge in [0.25, 0.3) is 0 Å². The lowest BCUT2D eigenvalue weighted by molar-refractivity contribution is -0.123. The minimum absolute atomic E-state index is 0.149. The first-order valence-electron chi connectivity index (χ1n) is 5.53. The van der Waals surface area contributed by atoms with Crippen LogP contribution < -0.4 is 5.32 Å². The van der Waals surface area contributed by atoms with Crippen molar-refractivity contribution in [3.63, 3.8) is 0 Å². The van der Waals surface area contributed by atoms with Crippen LogP contribution in [0.4, 0.5) is 0 Å². The van der Waals surface area contributed by atoms with Gasteiger partial charge in [0.05, 0.1) is 10.9 Å². The molecular formula is C11H17N3OS. The maximum Gasteiger partial charge on any atom is 0.236 e. The first-order valence-corrected chi connectivity index (χ1v) is 6.51. The van der Waals surface area contributed by atoms with Gasteiger partial charge in [0.15, 0.2) is 0 Å². The maximum atomic E-state index is 12.0. The van der Waals surface area contributed by atoms with Gasteiger partial charge in [0.1, 0.15) is 0 Å². The molecule has 16 heavy (non-hydrogen) atoms. The number of rotatable bonds is 3. The summed E-state index contributed by atoms with van der Waals surface area (Å²) < 4.78 is -0.225. The van der Waals surface area contributed by atoms with E-state index in [0.717, 1.165) is 29.9 Å². The molecule has 1 unspecified atom stereocenters. The summed E-state index contributed by atoms with van der Waals surface area (Å²) >= 11 is 1.76. The highest BCUT2D eigenvalue weighted by atomic mass is 32.2. The van der Waals surface area contributed by atoms with Crippen molar-refractivity contribution in [3.05, 3.63) is 17.5 Å². The van der Waals surface area contributed by atoms with Crippen LogP contribution in [-0.2, 0) is 11.3 Å². The number of thioether (sulfide) groups is 1. The van der Waals surface area contributed by atoms with E-state index < -0.39 is 0 Å². The average molecular weight is 239 g/mol. The summed E-state index contributed by atoms with van der Waals surface area (Å²) in [5.41, 5.74) is 2.07. The standard InChI is InChI=1S/C11H17N3OS/c1-8-9(7-13-14-8)6-12-10(15)11(2)4-3-5-16-11/h7H,3-6H2,1-2H3,(H,12,15)(H,13,14). The highest BCUT2D eigenvalue weighted by Crippen LogP contribution is 2.37. The lowest BCUT2D eigenvalue weighted by Gasteiger charge is -2.21. The lowest BCUT2D eigenvalue weighted by Crippen LogP contribution is -2.39. The third-order valence-corrected chi connectivity index (χ3v) is 4.59. The highest BCUT2D eigenvalue weighted by molar-refractivity contribution is 8.01. The van der Waals surface area contributed by atoms with Crippen LogP contribution in [0.3, 0.4) is 0 Å². The van der Waals surface area contributed by atoms with Gasteiger partial charge < -0.3 is 5.32 Å². The Morgan fingerprint density at radius 2 is 2.56 bits per heavy atom. The molecule has 1 atom stereocenters. The van der Waals surface area contributed by atoms with Gasteiger partial charge in [-0.05, 0) is 32.4 Å². The topological polar surface area (TPSA) is 57.8 Å². The molecule has 0 bridgehead atoms. The van der Waals surface area contributed by atoms with Crippen LogP contribution in [0.1, 0.15) is 31.0 Å². The van der Waals surface area contributed by atoms with Crippen molar-refractivity contribution in [2.75, 3.05) is 5.75 Å². The zero-order valence-corrected chi connectivity index (χ0v) is 10.5. The van der Waals surface area contributed by atoms with E-state index in [-0.39, 0.29) is 10.7 Å². The summed E-state index contributed by atoms with van der Waals surface area (Å²) in [6.45, 7) is 4.56. The fourth-order valence-electron chi connectivity index (χ4n) is 1.87. The van der Waals surface area contributed by atoms with Crippen molar-refractivity contribution in [2.24, 2.45) is 0 Å². The number of H-pyrrole nitrogens is 1. The zero-order valence-electron chi connectivity index (χ0n) is 9.67. The summed E-state index contributed by atoms with van der Waals surface area (Å²) in [7, 11) is 0. The molecule has 0 saturated carbocycles. The number of hydrogen-bond acceptors (Lipinski definition) is 3. The maximum absolute atomic E-state index is 12.0. The van der Waals surface area contributed by atoms with Crippen LogP contribution in [-0.4, -0.2) is 26.6 Å². The van der Waals surface area contributed by atoms with Crippen molar-refractivity contribution in [1.82, 2.24) is 15.5 Å². The predicted molar refractivity (Wildman–Crippen MR) is 65.3 cm³/mol. The Kier molecular flexibility index (Phi) is 3.23. The van der Waals surface area contributed by atoms with Crippen molar-refractivity contribution in [3.8, 4) is 0 Å². The third-order valence-electron chi connectivity index (χ3n) is 3.07. The Labute approximate surface area is 99.6 Å². The zero-order chi connectivity index (χ0) is 11.6. The molecule has 2 rings (SSSR count). The van der Waals surface area contributed by atoms with E-state index in [4.69, 9.17) is 0 Å². The quantitative estimate of drug-likeness (QED) is 0.842. The van der Waals surface area contributed by atoms with E-state index in [0.29, 0.717) is 6.54 Å². The lowest BCUT2D eigenvalue weighted by atomic mass is 10.0. The summed E-state index contributed by atoms with van der Waals surface area (Å²) in [6, 6.07) is 0. The number of carbonyl (C=O) groups is 1. The fraction of sp³-hybridized carbons (Fsp3) is 0.636. The Morgan fingerprint density at radius 3 is 3.12 bits per heavy atom. The van der Waals surface area contributed by atoms with E-state index in [1.165, 1.54) is 0 Å². The van der Waals surface area contributed by atoms with Gasteiger partial charge in [0.2, 0.25) is 5.91 Å². The van der Waals surface area contributed by atoms with Crippen molar-refractivity contribution in [2.45, 2.75) is 38.0 Å². The van der Waals surface area contributed by atoms with E-state index in [9.17, 15) is 4.79 Å². The molecule has 88 valence electrons. The number of nitrogens with one attached hydrogen (secondary N) is 2. The van der Waals surface area contributed by atoms with Crippen LogP contribution in [0.15, 0.2) is 6.20 Å². The van der Waals surface area contributed by atoms with Gasteiger partial charge in [-0.15, -0.1) is 11.8 Å². The van der Waals surface area contributed by atoms with Gasteiger partial charge in [-0.1, -0.05) is 0 Å². The van der Waals surface area contributed by atoms with Crippen LogP contribution in [0.25, 0.3) is 0 Å². The summed E-state index contributed by atoms with van der Waals surface area (Å²) in [5.74, 6) is 1.24. The van der Waals surface area contributed by atoms with Crippen LogP contribution in [0, 0.1) is 6.92 Å². The number of carbonyl (C=O) groups excluding carboxylic acids is 1. The van der Waals surface area contributed by atoms with Crippen LogP contribution >= 0.6 is 11.8 Å². The van der Waals surface area contributed by atoms with Crippen molar-refractivity contribution >= 4 is 17.7 Å². The first-order chi connectivity index (χ1) is 7.62. The smallest absolute Gasteiger partial charge is 0.236 e. The molecule has 4 nitrogen and oxygen atoms in total. The molecule has 1 aliphatic heterocycles. The summed E-state index contributed by atoms with van der Waals surface area (Å²) in [5, 5.41) is 9.79. The molecule has 0 aliphatic carbocycles. The number of nitrogens with zero attached hydrogens (tertiary/aromatic N) is 1. The van der Waals surface area contributed by atoms with E-state index in [2.05, 4.69) is 15.5 Å². The third kappa shape index (κ3) is 2.24. The number of aromatic nitrogens is 2. The monoisotopic (exact) mass is 239 g/mol. The number of aryl methyl sites for hydroxylation is 1. The van der Waals surface area contributed by atoms with Crippen molar-refractivity contribution in [1.29, 1.82) is 0 Å². The second-order valence-electron chi connectivity index (χ2n) is 4.39. The molecule has 1 saturated heterocycles. The molecule has 2 N–H and O–H groups in total. The minimum atomic E-state index is -0.225. The molecule has 0 spiro atoms.